The predicted octanol–water partition coefficient (Wildman–Crippen LogP) is 1.76. The second kappa shape index (κ2) is 8.46. The Hall–Kier alpha value is -2.90. The van der Waals surface area contributed by atoms with E-state index in [9.17, 15) is 4.79 Å². The molecule has 1 saturated heterocycles. The molecule has 2 atom stereocenters. The Labute approximate surface area is 152 Å². The molecule has 3 rings (SSSR count). The number of hydrogen-bond donors (Lipinski definition) is 3. The second-order valence-electron chi connectivity index (χ2n) is 5.88. The highest BCUT2D eigenvalue weighted by Crippen LogP contribution is 2.24. The first-order chi connectivity index (χ1) is 12.7. The standard InChI is InChI=1S/C19H22N4O3/c1-25-15-9-7-13(8-10-15)16-11-17(22-21-16)19(24)23-20-12-14-5-3-4-6-18(14)26-2/h3-10,12,16-17,21-22H,11H2,1-2H3,(H,23,24)/b20-12+. The summed E-state index contributed by atoms with van der Waals surface area (Å²) in [6.45, 7) is 0. The number of nitrogens with one attached hydrogen (secondary N) is 3. The molecule has 0 spiro atoms. The molecule has 0 radical (unpaired) electrons. The van der Waals surface area contributed by atoms with Crippen molar-refractivity contribution in [2.45, 2.75) is 18.5 Å². The Bertz CT molecular complexity index is 777. The van der Waals surface area contributed by atoms with Crippen LogP contribution >= 0.6 is 0 Å². The monoisotopic (exact) mass is 354 g/mol. The van der Waals surface area contributed by atoms with Crippen molar-refractivity contribution in [3.05, 3.63) is 59.7 Å². The first-order valence-corrected chi connectivity index (χ1v) is 8.32. The number of carbonyl (C=O) groups is 1. The van der Waals surface area contributed by atoms with E-state index >= 15 is 0 Å². The van der Waals surface area contributed by atoms with Crippen molar-refractivity contribution in [3.63, 3.8) is 0 Å². The van der Waals surface area contributed by atoms with Gasteiger partial charge in [0.1, 0.15) is 17.5 Å². The molecule has 1 aliphatic heterocycles. The maximum Gasteiger partial charge on any atom is 0.258 e. The summed E-state index contributed by atoms with van der Waals surface area (Å²) >= 11 is 0. The minimum atomic E-state index is -0.364. The molecule has 26 heavy (non-hydrogen) atoms. The molecular weight excluding hydrogens is 332 g/mol. The van der Waals surface area contributed by atoms with Gasteiger partial charge in [-0.2, -0.15) is 5.10 Å². The van der Waals surface area contributed by atoms with E-state index in [1.807, 2.05) is 48.5 Å². The molecule has 0 aromatic heterocycles. The number of amides is 1. The summed E-state index contributed by atoms with van der Waals surface area (Å²) in [5.41, 5.74) is 10.6. The molecule has 3 N–H and O–H groups in total. The fourth-order valence-electron chi connectivity index (χ4n) is 2.80. The highest BCUT2D eigenvalue weighted by atomic mass is 16.5. The molecule has 1 amide bonds. The molecule has 1 aliphatic rings. The van der Waals surface area contributed by atoms with Gasteiger partial charge in [-0.3, -0.25) is 4.79 Å². The molecular formula is C19H22N4O3. The van der Waals surface area contributed by atoms with E-state index in [-0.39, 0.29) is 18.0 Å². The van der Waals surface area contributed by atoms with Crippen LogP contribution in [-0.4, -0.2) is 32.4 Å². The lowest BCUT2D eigenvalue weighted by Gasteiger charge is -2.10. The van der Waals surface area contributed by atoms with Gasteiger partial charge in [-0.15, -0.1) is 0 Å². The SMILES string of the molecule is COc1ccc(C2CC(C(=O)N/N=C/c3ccccc3OC)NN2)cc1. The zero-order valence-electron chi connectivity index (χ0n) is 14.7. The fourth-order valence-corrected chi connectivity index (χ4v) is 2.80. The average molecular weight is 354 g/mol. The third kappa shape index (κ3) is 4.19. The van der Waals surface area contributed by atoms with Crippen LogP contribution in [0.4, 0.5) is 0 Å². The topological polar surface area (TPSA) is 84.0 Å². The number of para-hydroxylation sites is 1. The molecule has 0 saturated carbocycles. The van der Waals surface area contributed by atoms with Crippen LogP contribution in [0.2, 0.25) is 0 Å². The summed E-state index contributed by atoms with van der Waals surface area (Å²) in [7, 11) is 3.23. The molecule has 0 aliphatic carbocycles. The van der Waals surface area contributed by atoms with Crippen molar-refractivity contribution >= 4 is 12.1 Å². The number of carbonyl (C=O) groups excluding carboxylic acids is 1. The average Bonchev–Trinajstić information content (AvgIpc) is 3.18. The predicted molar refractivity (Wildman–Crippen MR) is 99.1 cm³/mol. The van der Waals surface area contributed by atoms with Crippen LogP contribution in [-0.2, 0) is 4.79 Å². The second-order valence-corrected chi connectivity index (χ2v) is 5.88. The first kappa shape index (κ1) is 17.9. The minimum absolute atomic E-state index is 0.0508. The maximum atomic E-state index is 12.3. The van der Waals surface area contributed by atoms with Gasteiger partial charge in [-0.05, 0) is 36.2 Å². The molecule has 0 bridgehead atoms. The first-order valence-electron chi connectivity index (χ1n) is 8.32. The number of rotatable bonds is 6. The summed E-state index contributed by atoms with van der Waals surface area (Å²) in [6, 6.07) is 14.9. The smallest absolute Gasteiger partial charge is 0.258 e. The number of benzene rings is 2. The van der Waals surface area contributed by atoms with Crippen molar-refractivity contribution in [1.29, 1.82) is 0 Å². The van der Waals surface area contributed by atoms with Gasteiger partial charge < -0.3 is 9.47 Å². The lowest BCUT2D eigenvalue weighted by Crippen LogP contribution is -2.41. The van der Waals surface area contributed by atoms with Gasteiger partial charge >= 0.3 is 0 Å². The zero-order valence-corrected chi connectivity index (χ0v) is 14.7. The van der Waals surface area contributed by atoms with E-state index in [0.29, 0.717) is 12.2 Å². The summed E-state index contributed by atoms with van der Waals surface area (Å²) in [4.78, 5) is 12.3. The molecule has 1 fully saturated rings. The van der Waals surface area contributed by atoms with Gasteiger partial charge in [-0.1, -0.05) is 24.3 Å². The summed E-state index contributed by atoms with van der Waals surface area (Å²) in [5.74, 6) is 1.31. The summed E-state index contributed by atoms with van der Waals surface area (Å²) < 4.78 is 10.4. The molecule has 7 nitrogen and oxygen atoms in total. The lowest BCUT2D eigenvalue weighted by molar-refractivity contribution is -0.122. The van der Waals surface area contributed by atoms with Crippen LogP contribution < -0.4 is 25.8 Å². The van der Waals surface area contributed by atoms with Crippen molar-refractivity contribution in [1.82, 2.24) is 16.3 Å². The van der Waals surface area contributed by atoms with Crippen LogP contribution in [0, 0.1) is 0 Å². The van der Waals surface area contributed by atoms with Crippen molar-refractivity contribution in [2.24, 2.45) is 5.10 Å². The molecule has 2 unspecified atom stereocenters. The van der Waals surface area contributed by atoms with E-state index in [0.717, 1.165) is 16.9 Å². The van der Waals surface area contributed by atoms with E-state index in [1.165, 1.54) is 0 Å². The number of methoxy groups -OCH3 is 2. The minimum Gasteiger partial charge on any atom is -0.497 e. The summed E-state index contributed by atoms with van der Waals surface area (Å²) in [5, 5.41) is 4.03. The van der Waals surface area contributed by atoms with Gasteiger partial charge in [0.25, 0.3) is 5.91 Å². The van der Waals surface area contributed by atoms with E-state index < -0.39 is 0 Å². The molecule has 1 heterocycles. The largest absolute Gasteiger partial charge is 0.497 e. The number of hydrogen-bond acceptors (Lipinski definition) is 6. The number of nitrogens with zero attached hydrogens (tertiary/aromatic N) is 1. The van der Waals surface area contributed by atoms with Crippen LogP contribution in [0.1, 0.15) is 23.6 Å². The Morgan fingerprint density at radius 2 is 1.88 bits per heavy atom. The van der Waals surface area contributed by atoms with Gasteiger partial charge in [0.15, 0.2) is 0 Å². The maximum absolute atomic E-state index is 12.3. The number of hydrazine groups is 1. The quantitative estimate of drug-likeness (QED) is 0.544. The Kier molecular flexibility index (Phi) is 5.83. The van der Waals surface area contributed by atoms with Crippen molar-refractivity contribution < 1.29 is 14.3 Å². The fraction of sp³-hybridized carbons (Fsp3) is 0.263. The lowest BCUT2D eigenvalue weighted by atomic mass is 10.0. The van der Waals surface area contributed by atoms with Gasteiger partial charge in [-0.25, -0.2) is 16.3 Å². The van der Waals surface area contributed by atoms with E-state index in [1.54, 1.807) is 20.4 Å². The van der Waals surface area contributed by atoms with Crippen LogP contribution in [0.25, 0.3) is 0 Å². The molecule has 136 valence electrons. The van der Waals surface area contributed by atoms with Crippen molar-refractivity contribution in [2.75, 3.05) is 14.2 Å². The Morgan fingerprint density at radius 3 is 2.62 bits per heavy atom. The normalized spacial score (nSPS) is 19.5. The highest BCUT2D eigenvalue weighted by molar-refractivity contribution is 5.86. The Balaban J connectivity index is 1.55. The van der Waals surface area contributed by atoms with Gasteiger partial charge in [0.05, 0.1) is 20.4 Å². The van der Waals surface area contributed by atoms with Crippen LogP contribution in [0.3, 0.4) is 0 Å². The van der Waals surface area contributed by atoms with Crippen LogP contribution in [0.5, 0.6) is 11.5 Å². The highest BCUT2D eigenvalue weighted by Gasteiger charge is 2.30. The van der Waals surface area contributed by atoms with Gasteiger partial charge in [0, 0.05) is 11.6 Å². The van der Waals surface area contributed by atoms with E-state index in [4.69, 9.17) is 9.47 Å². The molecule has 7 heteroatoms. The number of hydrazone groups is 1. The van der Waals surface area contributed by atoms with Crippen molar-refractivity contribution in [3.8, 4) is 11.5 Å². The Morgan fingerprint density at radius 1 is 1.12 bits per heavy atom. The zero-order chi connectivity index (χ0) is 18.4. The van der Waals surface area contributed by atoms with Gasteiger partial charge in [0.2, 0.25) is 0 Å². The third-order valence-corrected chi connectivity index (χ3v) is 4.26. The van der Waals surface area contributed by atoms with Crippen LogP contribution in [0.15, 0.2) is 53.6 Å². The number of ether oxygens (including phenoxy) is 2. The molecule has 2 aromatic carbocycles. The van der Waals surface area contributed by atoms with E-state index in [2.05, 4.69) is 21.4 Å². The molecule has 2 aromatic rings. The third-order valence-electron chi connectivity index (χ3n) is 4.26. The summed E-state index contributed by atoms with van der Waals surface area (Å²) in [6.07, 6.45) is 2.20.